The van der Waals surface area contributed by atoms with E-state index in [2.05, 4.69) is 20.6 Å². The molecule has 2 atom stereocenters. The highest BCUT2D eigenvalue weighted by Crippen LogP contribution is 2.30. The highest BCUT2D eigenvalue weighted by molar-refractivity contribution is 5.44. The molecular weight excluding hydrogens is 273 g/mol. The number of rotatable bonds is 4. The van der Waals surface area contributed by atoms with Gasteiger partial charge in [0.25, 0.3) is 0 Å². The molecule has 8 heteroatoms. The van der Waals surface area contributed by atoms with E-state index >= 15 is 0 Å². The molecular formula is C12H17F3N4O. The fourth-order valence-electron chi connectivity index (χ4n) is 2.01. The Morgan fingerprint density at radius 3 is 2.70 bits per heavy atom. The van der Waals surface area contributed by atoms with E-state index in [9.17, 15) is 13.2 Å². The summed E-state index contributed by atoms with van der Waals surface area (Å²) in [6.07, 6.45) is -3.81. The second-order valence-corrected chi connectivity index (χ2v) is 4.61. The van der Waals surface area contributed by atoms with Crippen molar-refractivity contribution < 1.29 is 17.9 Å². The number of hydrogen-bond acceptors (Lipinski definition) is 5. The molecule has 0 saturated carbocycles. The molecule has 0 radical (unpaired) electrons. The molecule has 2 unspecified atom stereocenters. The summed E-state index contributed by atoms with van der Waals surface area (Å²) in [7, 11) is 0. The highest BCUT2D eigenvalue weighted by atomic mass is 19.4. The van der Waals surface area contributed by atoms with Gasteiger partial charge in [-0.15, -0.1) is 0 Å². The Hall–Kier alpha value is -1.57. The summed E-state index contributed by atoms with van der Waals surface area (Å²) >= 11 is 0. The smallest absolute Gasteiger partial charge is 0.376 e. The van der Waals surface area contributed by atoms with E-state index < -0.39 is 11.9 Å². The monoisotopic (exact) mass is 290 g/mol. The molecule has 0 bridgehead atoms. The topological polar surface area (TPSA) is 59.1 Å². The summed E-state index contributed by atoms with van der Waals surface area (Å²) in [5.74, 6) is 0.127. The maximum absolute atomic E-state index is 12.8. The summed E-state index contributed by atoms with van der Waals surface area (Å²) in [4.78, 5) is 7.52. The Kier molecular flexibility index (Phi) is 4.32. The predicted molar refractivity (Wildman–Crippen MR) is 68.6 cm³/mol. The van der Waals surface area contributed by atoms with Crippen molar-refractivity contribution in [2.45, 2.75) is 38.6 Å². The summed E-state index contributed by atoms with van der Waals surface area (Å²) < 4.78 is 43.8. The molecule has 1 fully saturated rings. The average Bonchev–Trinajstić information content (AvgIpc) is 2.74. The number of alkyl halides is 3. The molecule has 0 spiro atoms. The van der Waals surface area contributed by atoms with Gasteiger partial charge >= 0.3 is 6.18 Å². The van der Waals surface area contributed by atoms with Crippen molar-refractivity contribution in [3.05, 3.63) is 11.8 Å². The van der Waals surface area contributed by atoms with Crippen LogP contribution in [0.5, 0.6) is 0 Å². The molecule has 0 amide bonds. The molecule has 1 aromatic rings. The molecule has 2 N–H and O–H groups in total. The number of ether oxygens (including phenoxy) is 1. The molecule has 20 heavy (non-hydrogen) atoms. The van der Waals surface area contributed by atoms with Crippen LogP contribution >= 0.6 is 0 Å². The van der Waals surface area contributed by atoms with Gasteiger partial charge in [0, 0.05) is 19.2 Å². The first-order valence-corrected chi connectivity index (χ1v) is 6.48. The van der Waals surface area contributed by atoms with Crippen molar-refractivity contribution in [1.29, 1.82) is 0 Å². The lowest BCUT2D eigenvalue weighted by Gasteiger charge is -2.18. The van der Waals surface area contributed by atoms with Crippen molar-refractivity contribution in [3.63, 3.8) is 0 Å². The van der Waals surface area contributed by atoms with Gasteiger partial charge in [-0.1, -0.05) is 0 Å². The molecule has 112 valence electrons. The van der Waals surface area contributed by atoms with E-state index in [0.717, 1.165) is 12.5 Å². The van der Waals surface area contributed by atoms with E-state index in [-0.39, 0.29) is 23.9 Å². The van der Waals surface area contributed by atoms with Crippen LogP contribution in [0.2, 0.25) is 0 Å². The van der Waals surface area contributed by atoms with Crippen LogP contribution in [-0.4, -0.2) is 35.3 Å². The van der Waals surface area contributed by atoms with Crippen molar-refractivity contribution in [1.82, 2.24) is 9.97 Å². The number of hydrogen-bond donors (Lipinski definition) is 2. The Morgan fingerprint density at radius 1 is 1.40 bits per heavy atom. The number of nitrogens with zero attached hydrogens (tertiary/aromatic N) is 2. The molecule has 5 nitrogen and oxygen atoms in total. The van der Waals surface area contributed by atoms with Gasteiger partial charge in [0.2, 0.25) is 5.95 Å². The minimum Gasteiger partial charge on any atom is -0.376 e. The largest absolute Gasteiger partial charge is 0.433 e. The Labute approximate surface area is 114 Å². The SMILES string of the molecule is CCNc1nc(NC2CCOC2C)cc(C(F)(F)F)n1. The van der Waals surface area contributed by atoms with Crippen LogP contribution in [0.1, 0.15) is 26.0 Å². The van der Waals surface area contributed by atoms with Crippen LogP contribution in [0.3, 0.4) is 0 Å². The molecule has 1 aliphatic rings. The zero-order valence-corrected chi connectivity index (χ0v) is 11.3. The first kappa shape index (κ1) is 14.8. The third-order valence-corrected chi connectivity index (χ3v) is 3.06. The first-order chi connectivity index (χ1) is 9.40. The van der Waals surface area contributed by atoms with Gasteiger partial charge in [0.15, 0.2) is 5.69 Å². The van der Waals surface area contributed by atoms with Crippen LogP contribution < -0.4 is 10.6 Å². The Bertz CT molecular complexity index is 467. The van der Waals surface area contributed by atoms with E-state index in [1.54, 1.807) is 6.92 Å². The molecule has 2 heterocycles. The lowest BCUT2D eigenvalue weighted by Crippen LogP contribution is -2.27. The third kappa shape index (κ3) is 3.50. The number of anilines is 2. The van der Waals surface area contributed by atoms with Gasteiger partial charge in [-0.2, -0.15) is 18.2 Å². The minimum absolute atomic E-state index is 0.0311. The van der Waals surface area contributed by atoms with Crippen LogP contribution in [0.4, 0.5) is 24.9 Å². The standard InChI is InChI=1S/C12H17F3N4O/c1-3-16-11-18-9(12(13,14)15)6-10(19-11)17-8-4-5-20-7(8)2/h6-8H,3-5H2,1-2H3,(H2,16,17,18,19). The molecule has 2 rings (SSSR count). The molecule has 1 aliphatic heterocycles. The van der Waals surface area contributed by atoms with Gasteiger partial charge in [0.1, 0.15) is 5.82 Å². The summed E-state index contributed by atoms with van der Waals surface area (Å²) in [6.45, 7) is 4.69. The van der Waals surface area contributed by atoms with Gasteiger partial charge in [-0.05, 0) is 20.3 Å². The first-order valence-electron chi connectivity index (χ1n) is 6.48. The fraction of sp³-hybridized carbons (Fsp3) is 0.667. The molecule has 0 aliphatic carbocycles. The maximum atomic E-state index is 12.8. The number of aromatic nitrogens is 2. The van der Waals surface area contributed by atoms with Crippen molar-refractivity contribution >= 4 is 11.8 Å². The quantitative estimate of drug-likeness (QED) is 0.892. The van der Waals surface area contributed by atoms with E-state index in [1.165, 1.54) is 0 Å². The summed E-state index contributed by atoms with van der Waals surface area (Å²) in [5, 5.41) is 5.69. The third-order valence-electron chi connectivity index (χ3n) is 3.06. The Balaban J connectivity index is 2.24. The number of halogens is 3. The van der Waals surface area contributed by atoms with Crippen molar-refractivity contribution in [3.8, 4) is 0 Å². The highest BCUT2D eigenvalue weighted by Gasteiger charge is 2.34. The maximum Gasteiger partial charge on any atom is 0.433 e. The predicted octanol–water partition coefficient (Wildman–Crippen LogP) is 2.52. The van der Waals surface area contributed by atoms with Crippen LogP contribution in [0.15, 0.2) is 6.07 Å². The molecule has 1 aromatic heterocycles. The van der Waals surface area contributed by atoms with Gasteiger partial charge < -0.3 is 15.4 Å². The van der Waals surface area contributed by atoms with Crippen LogP contribution in [0, 0.1) is 0 Å². The fourth-order valence-corrected chi connectivity index (χ4v) is 2.01. The van der Waals surface area contributed by atoms with E-state index in [1.807, 2.05) is 6.92 Å². The van der Waals surface area contributed by atoms with Crippen LogP contribution in [-0.2, 0) is 10.9 Å². The van der Waals surface area contributed by atoms with Gasteiger partial charge in [0.05, 0.1) is 12.1 Å². The summed E-state index contributed by atoms with van der Waals surface area (Å²) in [5.41, 5.74) is -0.961. The van der Waals surface area contributed by atoms with Crippen LogP contribution in [0.25, 0.3) is 0 Å². The van der Waals surface area contributed by atoms with Gasteiger partial charge in [-0.3, -0.25) is 0 Å². The second kappa shape index (κ2) is 5.82. The summed E-state index contributed by atoms with van der Waals surface area (Å²) in [6, 6.07) is 0.881. The van der Waals surface area contributed by atoms with E-state index in [0.29, 0.717) is 13.2 Å². The normalized spacial score (nSPS) is 22.9. The zero-order valence-electron chi connectivity index (χ0n) is 11.3. The van der Waals surface area contributed by atoms with Crippen molar-refractivity contribution in [2.24, 2.45) is 0 Å². The minimum atomic E-state index is -4.50. The molecule has 0 aromatic carbocycles. The number of nitrogens with one attached hydrogen (secondary N) is 2. The lowest BCUT2D eigenvalue weighted by molar-refractivity contribution is -0.141. The Morgan fingerprint density at radius 2 is 2.15 bits per heavy atom. The molecule has 1 saturated heterocycles. The van der Waals surface area contributed by atoms with E-state index in [4.69, 9.17) is 4.74 Å². The average molecular weight is 290 g/mol. The lowest BCUT2D eigenvalue weighted by atomic mass is 10.1. The zero-order chi connectivity index (χ0) is 14.8. The van der Waals surface area contributed by atoms with Crippen molar-refractivity contribution in [2.75, 3.05) is 23.8 Å². The van der Waals surface area contributed by atoms with Gasteiger partial charge in [-0.25, -0.2) is 4.98 Å². The second-order valence-electron chi connectivity index (χ2n) is 4.61.